The molecule has 28 heavy (non-hydrogen) atoms. The predicted octanol–water partition coefficient (Wildman–Crippen LogP) is 4.01. The Morgan fingerprint density at radius 3 is 2.50 bits per heavy atom. The second kappa shape index (κ2) is 6.93. The molecule has 4 aliphatic rings. The van der Waals surface area contributed by atoms with Gasteiger partial charge in [-0.3, -0.25) is 4.90 Å². The Labute approximate surface area is 167 Å². The van der Waals surface area contributed by atoms with Crippen molar-refractivity contribution in [1.82, 2.24) is 4.90 Å². The number of carbonyl (C=O) groups is 1. The van der Waals surface area contributed by atoms with Gasteiger partial charge in [0.05, 0.1) is 26.2 Å². The maximum Gasteiger partial charge on any atom is 0.411 e. The maximum absolute atomic E-state index is 13.3. The Balaban J connectivity index is 1.42. The summed E-state index contributed by atoms with van der Waals surface area (Å²) in [7, 11) is 2.31. The summed E-state index contributed by atoms with van der Waals surface area (Å²) in [5.41, 5.74) is 3.71. The van der Waals surface area contributed by atoms with Gasteiger partial charge in [-0.1, -0.05) is 54.6 Å². The van der Waals surface area contributed by atoms with E-state index >= 15 is 0 Å². The van der Waals surface area contributed by atoms with Crippen molar-refractivity contribution in [2.24, 2.45) is 5.92 Å². The molecule has 0 saturated carbocycles. The van der Waals surface area contributed by atoms with E-state index < -0.39 is 0 Å². The number of nitrogens with zero attached hydrogens (tertiary/aromatic N) is 2. The van der Waals surface area contributed by atoms with E-state index in [-0.39, 0.29) is 18.2 Å². The number of benzene rings is 2. The molecule has 4 nitrogen and oxygen atoms in total. The zero-order chi connectivity index (χ0) is 19.1. The van der Waals surface area contributed by atoms with Crippen molar-refractivity contribution in [1.29, 1.82) is 0 Å². The summed E-state index contributed by atoms with van der Waals surface area (Å²) < 4.78 is 7.22. The van der Waals surface area contributed by atoms with Crippen LogP contribution in [0, 0.1) is 5.92 Å². The summed E-state index contributed by atoms with van der Waals surface area (Å²) in [6.07, 6.45) is 3.16. The first kappa shape index (κ1) is 17.7. The average molecular weight is 378 g/mol. The fourth-order valence-electron chi connectivity index (χ4n) is 5.44. The lowest BCUT2D eigenvalue weighted by molar-refractivity contribution is -0.928. The van der Waals surface area contributed by atoms with E-state index in [2.05, 4.69) is 55.6 Å². The maximum atomic E-state index is 13.3. The van der Waals surface area contributed by atoms with E-state index in [0.29, 0.717) is 12.5 Å². The summed E-state index contributed by atoms with van der Waals surface area (Å²) in [5.74, 6) is 0.538. The van der Waals surface area contributed by atoms with Crippen LogP contribution in [0.4, 0.5) is 4.79 Å². The van der Waals surface area contributed by atoms with Crippen LogP contribution in [-0.2, 0) is 11.2 Å². The molecule has 0 aliphatic carbocycles. The number of ether oxygens (including phenoxy) is 1. The van der Waals surface area contributed by atoms with Crippen LogP contribution in [0.5, 0.6) is 0 Å². The number of fused-ring (bicyclic) bond motifs is 4. The molecule has 3 saturated heterocycles. The second-order valence-corrected chi connectivity index (χ2v) is 8.96. The Kier molecular flexibility index (Phi) is 4.39. The van der Waals surface area contributed by atoms with E-state index in [4.69, 9.17) is 4.74 Å². The van der Waals surface area contributed by atoms with E-state index in [0.717, 1.165) is 23.0 Å². The Morgan fingerprint density at radius 1 is 1.04 bits per heavy atom. The topological polar surface area (TPSA) is 29.5 Å². The number of quaternary nitrogens is 1. The molecule has 6 rings (SSSR count). The fourth-order valence-corrected chi connectivity index (χ4v) is 5.44. The fraction of sp³-hybridized carbons (Fsp3) is 0.458. The molecule has 1 amide bonds. The molecule has 2 aromatic carbocycles. The molecule has 0 aromatic heterocycles. The first-order chi connectivity index (χ1) is 13.6. The molecule has 4 aliphatic heterocycles. The molecule has 0 spiro atoms. The number of amides is 1. The third-order valence-corrected chi connectivity index (χ3v) is 7.11. The molecule has 2 atom stereocenters. The minimum atomic E-state index is -0.145. The second-order valence-electron chi connectivity index (χ2n) is 8.96. The molecule has 0 N–H and O–H groups in total. The number of hydrogen-bond donors (Lipinski definition) is 0. The number of carbonyl (C=O) groups excluding carboxylic acids is 1. The van der Waals surface area contributed by atoms with E-state index in [1.54, 1.807) is 0 Å². The first-order valence-corrected chi connectivity index (χ1v) is 10.6. The Hall–Kier alpha value is -2.33. The molecule has 0 radical (unpaired) electrons. The van der Waals surface area contributed by atoms with Gasteiger partial charge in [-0.25, -0.2) is 4.79 Å². The third kappa shape index (κ3) is 3.10. The molecule has 3 fully saturated rings. The highest BCUT2D eigenvalue weighted by Gasteiger charge is 2.46. The summed E-state index contributed by atoms with van der Waals surface area (Å²) >= 11 is 0. The van der Waals surface area contributed by atoms with Crippen molar-refractivity contribution in [3.8, 4) is 0 Å². The van der Waals surface area contributed by atoms with Crippen molar-refractivity contribution in [3.05, 3.63) is 71.3 Å². The molecule has 4 heteroatoms. The van der Waals surface area contributed by atoms with Gasteiger partial charge in [0, 0.05) is 25.3 Å². The van der Waals surface area contributed by atoms with Crippen LogP contribution in [0.25, 0.3) is 0 Å². The van der Waals surface area contributed by atoms with Crippen molar-refractivity contribution in [2.75, 3.05) is 33.2 Å². The van der Waals surface area contributed by atoms with Gasteiger partial charge in [-0.05, 0) is 23.1 Å². The minimum absolute atomic E-state index is 0.0635. The Morgan fingerprint density at radius 2 is 1.75 bits per heavy atom. The lowest BCUT2D eigenvalue weighted by Gasteiger charge is -2.50. The molecule has 4 heterocycles. The molecular formula is C24H29N2O2+. The van der Waals surface area contributed by atoms with Crippen LogP contribution >= 0.6 is 0 Å². The number of likely N-dealkylation sites (N-methyl/N-ethyl adjacent to an activating group) is 1. The highest BCUT2D eigenvalue weighted by Crippen LogP contribution is 2.38. The van der Waals surface area contributed by atoms with Gasteiger partial charge < -0.3 is 9.22 Å². The van der Waals surface area contributed by atoms with Crippen LogP contribution in [0.1, 0.15) is 35.6 Å². The minimum Gasteiger partial charge on any atom is -0.440 e. The lowest BCUT2D eigenvalue weighted by Crippen LogP contribution is -2.62. The first-order valence-electron chi connectivity index (χ1n) is 10.6. The SMILES string of the molecule is C[N+]12CCC(CC1)[C@@H](OC(=O)N1CCc3ccccc3[C@H]1c1ccccc1)C2. The van der Waals surface area contributed by atoms with Gasteiger partial charge in [-0.15, -0.1) is 0 Å². The quantitative estimate of drug-likeness (QED) is 0.740. The zero-order valence-electron chi connectivity index (χ0n) is 16.6. The average Bonchev–Trinajstić information content (AvgIpc) is 2.73. The van der Waals surface area contributed by atoms with Crippen molar-refractivity contribution in [2.45, 2.75) is 31.4 Å². The number of piperidine rings is 3. The predicted molar refractivity (Wildman–Crippen MR) is 109 cm³/mol. The van der Waals surface area contributed by atoms with Crippen molar-refractivity contribution < 1.29 is 14.0 Å². The lowest BCUT2D eigenvalue weighted by atomic mass is 9.84. The highest BCUT2D eigenvalue weighted by atomic mass is 16.6. The van der Waals surface area contributed by atoms with Crippen LogP contribution in [0.15, 0.2) is 54.6 Å². The van der Waals surface area contributed by atoms with Crippen molar-refractivity contribution >= 4 is 6.09 Å². The smallest absolute Gasteiger partial charge is 0.411 e. The molecule has 146 valence electrons. The standard InChI is InChI=1S/C24H29N2O2/c1-26-15-12-19(13-16-26)22(17-26)28-24(27)25-14-11-18-7-5-6-10-21(18)23(25)20-8-3-2-4-9-20/h2-10,19,22-23H,11-17H2,1H3/q+1/t19?,22-,23+,26?/m0/s1. The van der Waals surface area contributed by atoms with Gasteiger partial charge in [-0.2, -0.15) is 0 Å². The van der Waals surface area contributed by atoms with E-state index in [1.165, 1.54) is 37.1 Å². The van der Waals surface area contributed by atoms with Crippen LogP contribution in [0.3, 0.4) is 0 Å². The van der Waals surface area contributed by atoms with Crippen LogP contribution in [0.2, 0.25) is 0 Å². The zero-order valence-corrected chi connectivity index (χ0v) is 16.6. The molecular weight excluding hydrogens is 348 g/mol. The highest BCUT2D eigenvalue weighted by molar-refractivity contribution is 5.70. The monoisotopic (exact) mass is 377 g/mol. The van der Waals surface area contributed by atoms with Gasteiger partial charge in [0.2, 0.25) is 0 Å². The molecule has 2 aromatic rings. The Bertz CT molecular complexity index is 858. The van der Waals surface area contributed by atoms with Gasteiger partial charge in [0.1, 0.15) is 6.54 Å². The number of rotatable bonds is 2. The summed E-state index contributed by atoms with van der Waals surface area (Å²) in [6.45, 7) is 4.13. The van der Waals surface area contributed by atoms with Gasteiger partial charge in [0.15, 0.2) is 6.10 Å². The summed E-state index contributed by atoms with van der Waals surface area (Å²) in [6, 6.07) is 18.8. The van der Waals surface area contributed by atoms with Crippen molar-refractivity contribution in [3.63, 3.8) is 0 Å². The van der Waals surface area contributed by atoms with E-state index in [1.807, 2.05) is 11.0 Å². The third-order valence-electron chi connectivity index (χ3n) is 7.11. The van der Waals surface area contributed by atoms with Crippen LogP contribution < -0.4 is 0 Å². The van der Waals surface area contributed by atoms with Crippen LogP contribution in [-0.4, -0.2) is 54.8 Å². The number of hydrogen-bond acceptors (Lipinski definition) is 2. The van der Waals surface area contributed by atoms with Gasteiger partial charge in [0.25, 0.3) is 0 Å². The molecule has 2 bridgehead atoms. The summed E-state index contributed by atoms with van der Waals surface area (Å²) in [5, 5.41) is 0. The largest absolute Gasteiger partial charge is 0.440 e. The van der Waals surface area contributed by atoms with Gasteiger partial charge >= 0.3 is 6.09 Å². The van der Waals surface area contributed by atoms with E-state index in [9.17, 15) is 4.79 Å². The molecule has 0 unspecified atom stereocenters. The normalized spacial score (nSPS) is 31.3. The summed E-state index contributed by atoms with van der Waals surface area (Å²) in [4.78, 5) is 15.3.